The summed E-state index contributed by atoms with van der Waals surface area (Å²) in [6, 6.07) is 14.1. The van der Waals surface area contributed by atoms with E-state index in [0.717, 1.165) is 22.4 Å². The number of fused-ring (bicyclic) bond motifs is 1. The number of rotatable bonds is 4. The summed E-state index contributed by atoms with van der Waals surface area (Å²) < 4.78 is 5.01. The lowest BCUT2D eigenvalue weighted by Crippen LogP contribution is -2.13. The predicted octanol–water partition coefficient (Wildman–Crippen LogP) is 2.51. The molecule has 0 aliphatic carbocycles. The fourth-order valence-corrected chi connectivity index (χ4v) is 1.85. The molecule has 90 valence electrons. The third-order valence-electron chi connectivity index (χ3n) is 2.75. The first kappa shape index (κ1) is 10.9. The van der Waals surface area contributed by atoms with Crippen LogP contribution in [0, 0.1) is 0 Å². The molecule has 0 radical (unpaired) electrons. The summed E-state index contributed by atoms with van der Waals surface area (Å²) in [7, 11) is 0. The van der Waals surface area contributed by atoms with Gasteiger partial charge in [-0.1, -0.05) is 29.4 Å². The fraction of sp³-hybridized carbons (Fsp3) is 0.143. The number of para-hydroxylation sites is 1. The highest BCUT2D eigenvalue weighted by Gasteiger charge is 1.99. The maximum Gasteiger partial charge on any atom is 0.150 e. The second kappa shape index (κ2) is 4.98. The molecular weight excluding hydrogens is 226 g/mol. The van der Waals surface area contributed by atoms with Crippen LogP contribution in [0.5, 0.6) is 0 Å². The summed E-state index contributed by atoms with van der Waals surface area (Å²) in [5.41, 5.74) is 2.05. The molecule has 0 aliphatic rings. The smallest absolute Gasteiger partial charge is 0.150 e. The van der Waals surface area contributed by atoms with E-state index in [9.17, 15) is 0 Å². The van der Waals surface area contributed by atoms with E-state index in [0.29, 0.717) is 13.1 Å². The van der Waals surface area contributed by atoms with Crippen molar-refractivity contribution in [2.24, 2.45) is 0 Å². The lowest BCUT2D eigenvalue weighted by Gasteiger charge is -2.03. The van der Waals surface area contributed by atoms with Gasteiger partial charge in [-0.3, -0.25) is 4.98 Å². The molecule has 2 aromatic heterocycles. The number of pyridine rings is 1. The van der Waals surface area contributed by atoms with Gasteiger partial charge < -0.3 is 9.84 Å². The topological polar surface area (TPSA) is 51.0 Å². The molecular formula is C14H13N3O. The Labute approximate surface area is 105 Å². The summed E-state index contributed by atoms with van der Waals surface area (Å²) in [5.74, 6) is 0.829. The highest BCUT2D eigenvalue weighted by atomic mass is 16.5. The summed E-state index contributed by atoms with van der Waals surface area (Å²) in [6.45, 7) is 1.38. The molecule has 1 aromatic carbocycles. The van der Waals surface area contributed by atoms with Crippen LogP contribution in [0.3, 0.4) is 0 Å². The molecule has 2 heterocycles. The van der Waals surface area contributed by atoms with Crippen LogP contribution in [0.4, 0.5) is 0 Å². The van der Waals surface area contributed by atoms with Crippen LogP contribution in [0.1, 0.15) is 11.5 Å². The van der Waals surface area contributed by atoms with Crippen molar-refractivity contribution in [3.63, 3.8) is 0 Å². The van der Waals surface area contributed by atoms with Crippen LogP contribution >= 0.6 is 0 Å². The Kier molecular flexibility index (Phi) is 3.02. The molecule has 0 spiro atoms. The van der Waals surface area contributed by atoms with Crippen LogP contribution in [0.15, 0.2) is 53.2 Å². The van der Waals surface area contributed by atoms with E-state index in [-0.39, 0.29) is 0 Å². The third-order valence-corrected chi connectivity index (χ3v) is 2.75. The summed E-state index contributed by atoms with van der Waals surface area (Å²) in [4.78, 5) is 4.59. The van der Waals surface area contributed by atoms with Gasteiger partial charge in [0, 0.05) is 18.0 Å². The first-order valence-corrected chi connectivity index (χ1v) is 5.87. The number of aromatic nitrogens is 2. The maximum absolute atomic E-state index is 5.01. The van der Waals surface area contributed by atoms with Crippen molar-refractivity contribution < 1.29 is 4.52 Å². The standard InChI is InChI=1S/C14H13N3O/c1-2-4-14-11(3-1)5-6-12(17-14)9-15-10-13-7-8-16-18-13/h1-8,15H,9-10H2. The molecule has 0 saturated carbocycles. The second-order valence-corrected chi connectivity index (χ2v) is 4.08. The van der Waals surface area contributed by atoms with Gasteiger partial charge in [0.05, 0.1) is 24.0 Å². The highest BCUT2D eigenvalue weighted by molar-refractivity contribution is 5.78. The number of hydrogen-bond acceptors (Lipinski definition) is 4. The highest BCUT2D eigenvalue weighted by Crippen LogP contribution is 2.11. The minimum Gasteiger partial charge on any atom is -0.360 e. The van der Waals surface area contributed by atoms with Crippen molar-refractivity contribution in [1.82, 2.24) is 15.5 Å². The SMILES string of the molecule is c1ccc2nc(CNCc3ccno3)ccc2c1. The lowest BCUT2D eigenvalue weighted by atomic mass is 10.2. The van der Waals surface area contributed by atoms with E-state index in [2.05, 4.69) is 27.6 Å². The fourth-order valence-electron chi connectivity index (χ4n) is 1.85. The quantitative estimate of drug-likeness (QED) is 0.760. The third kappa shape index (κ3) is 2.38. The Morgan fingerprint density at radius 1 is 1.00 bits per heavy atom. The molecule has 0 unspecified atom stereocenters. The number of nitrogens with one attached hydrogen (secondary N) is 1. The molecule has 0 aliphatic heterocycles. The molecule has 0 atom stereocenters. The lowest BCUT2D eigenvalue weighted by molar-refractivity contribution is 0.372. The average molecular weight is 239 g/mol. The second-order valence-electron chi connectivity index (χ2n) is 4.08. The van der Waals surface area contributed by atoms with Crippen molar-refractivity contribution in [2.45, 2.75) is 13.1 Å². The van der Waals surface area contributed by atoms with Gasteiger partial charge in [0.25, 0.3) is 0 Å². The molecule has 0 bridgehead atoms. The number of nitrogens with zero attached hydrogens (tertiary/aromatic N) is 2. The maximum atomic E-state index is 5.01. The molecule has 0 saturated heterocycles. The predicted molar refractivity (Wildman–Crippen MR) is 68.8 cm³/mol. The van der Waals surface area contributed by atoms with Crippen LogP contribution in [0.2, 0.25) is 0 Å². The van der Waals surface area contributed by atoms with Gasteiger partial charge in [0.2, 0.25) is 0 Å². The summed E-state index contributed by atoms with van der Waals surface area (Å²) in [5, 5.41) is 8.09. The molecule has 0 fully saturated rings. The zero-order chi connectivity index (χ0) is 12.2. The molecule has 0 amide bonds. The van der Waals surface area contributed by atoms with Gasteiger partial charge in [0.1, 0.15) is 5.76 Å². The van der Waals surface area contributed by atoms with Gasteiger partial charge in [-0.05, 0) is 12.1 Å². The molecule has 4 nitrogen and oxygen atoms in total. The van der Waals surface area contributed by atoms with Crippen LogP contribution < -0.4 is 5.32 Å². The van der Waals surface area contributed by atoms with Gasteiger partial charge in [0.15, 0.2) is 0 Å². The first-order valence-electron chi connectivity index (χ1n) is 5.87. The molecule has 1 N–H and O–H groups in total. The molecule has 4 heteroatoms. The van der Waals surface area contributed by atoms with E-state index < -0.39 is 0 Å². The Bertz CT molecular complexity index is 634. The van der Waals surface area contributed by atoms with Crippen molar-refractivity contribution in [3.8, 4) is 0 Å². The van der Waals surface area contributed by atoms with Crippen molar-refractivity contribution >= 4 is 10.9 Å². The van der Waals surface area contributed by atoms with E-state index in [1.807, 2.05) is 30.3 Å². The van der Waals surface area contributed by atoms with Crippen LogP contribution in [-0.2, 0) is 13.1 Å². The molecule has 3 aromatic rings. The normalized spacial score (nSPS) is 10.9. The summed E-state index contributed by atoms with van der Waals surface area (Å²) in [6.07, 6.45) is 1.64. The van der Waals surface area contributed by atoms with Crippen LogP contribution in [-0.4, -0.2) is 10.1 Å². The zero-order valence-corrected chi connectivity index (χ0v) is 9.84. The van der Waals surface area contributed by atoms with Crippen molar-refractivity contribution in [2.75, 3.05) is 0 Å². The van der Waals surface area contributed by atoms with Gasteiger partial charge in [-0.15, -0.1) is 0 Å². The largest absolute Gasteiger partial charge is 0.360 e. The Hall–Kier alpha value is -2.20. The van der Waals surface area contributed by atoms with Gasteiger partial charge in [-0.2, -0.15) is 0 Å². The first-order chi connectivity index (χ1) is 8.92. The van der Waals surface area contributed by atoms with E-state index in [1.54, 1.807) is 6.20 Å². The molecule has 18 heavy (non-hydrogen) atoms. The van der Waals surface area contributed by atoms with Crippen LogP contribution in [0.25, 0.3) is 10.9 Å². The van der Waals surface area contributed by atoms with E-state index in [4.69, 9.17) is 4.52 Å². The Morgan fingerprint density at radius 3 is 2.83 bits per heavy atom. The minimum absolute atomic E-state index is 0.661. The average Bonchev–Trinajstić information content (AvgIpc) is 2.92. The van der Waals surface area contributed by atoms with Gasteiger partial charge in [-0.25, -0.2) is 0 Å². The number of benzene rings is 1. The van der Waals surface area contributed by atoms with Crippen molar-refractivity contribution in [3.05, 3.63) is 60.1 Å². The van der Waals surface area contributed by atoms with E-state index in [1.165, 1.54) is 0 Å². The zero-order valence-electron chi connectivity index (χ0n) is 9.84. The Morgan fingerprint density at radius 2 is 1.94 bits per heavy atom. The molecule has 3 rings (SSSR count). The Balaban J connectivity index is 1.67. The van der Waals surface area contributed by atoms with Gasteiger partial charge >= 0.3 is 0 Å². The van der Waals surface area contributed by atoms with E-state index >= 15 is 0 Å². The van der Waals surface area contributed by atoms with Crippen molar-refractivity contribution in [1.29, 1.82) is 0 Å². The monoisotopic (exact) mass is 239 g/mol. The number of hydrogen-bond donors (Lipinski definition) is 1. The minimum atomic E-state index is 0.661. The summed E-state index contributed by atoms with van der Waals surface area (Å²) >= 11 is 0.